The fourth-order valence-corrected chi connectivity index (χ4v) is 2.61. The Kier molecular flexibility index (Phi) is 4.41. The third-order valence-corrected chi connectivity index (χ3v) is 4.79. The van der Waals surface area contributed by atoms with Crippen molar-refractivity contribution in [1.82, 2.24) is 9.78 Å². The van der Waals surface area contributed by atoms with Gasteiger partial charge in [0.1, 0.15) is 5.69 Å². The molecule has 1 amide bonds. The van der Waals surface area contributed by atoms with Gasteiger partial charge in [-0.2, -0.15) is 5.10 Å². The summed E-state index contributed by atoms with van der Waals surface area (Å²) in [4.78, 5) is 23.4. The number of aromatic nitrogens is 2. The molecule has 2 aromatic rings. The van der Waals surface area contributed by atoms with E-state index in [0.29, 0.717) is 5.69 Å². The lowest BCUT2D eigenvalue weighted by atomic mass is 10.3. The van der Waals surface area contributed by atoms with Crippen LogP contribution in [0.15, 0.2) is 46.1 Å². The van der Waals surface area contributed by atoms with Crippen LogP contribution < -0.4 is 10.9 Å². The second-order valence-corrected chi connectivity index (χ2v) is 6.84. The van der Waals surface area contributed by atoms with Crippen LogP contribution in [0.1, 0.15) is 17.4 Å². The molecule has 8 heteroatoms. The lowest BCUT2D eigenvalue weighted by Crippen LogP contribution is -2.23. The molecule has 0 saturated heterocycles. The molecule has 1 aromatic heterocycles. The molecule has 116 valence electrons. The fourth-order valence-electron chi connectivity index (χ4n) is 1.73. The number of anilines is 1. The summed E-state index contributed by atoms with van der Waals surface area (Å²) in [6.07, 6.45) is 0. The van der Waals surface area contributed by atoms with Gasteiger partial charge in [-0.1, -0.05) is 6.92 Å². The van der Waals surface area contributed by atoms with Crippen LogP contribution in [0.5, 0.6) is 0 Å². The van der Waals surface area contributed by atoms with E-state index in [1.54, 1.807) is 6.92 Å². The molecule has 0 aliphatic heterocycles. The van der Waals surface area contributed by atoms with Crippen LogP contribution >= 0.6 is 0 Å². The molecule has 0 unspecified atom stereocenters. The van der Waals surface area contributed by atoms with E-state index < -0.39 is 15.7 Å². The van der Waals surface area contributed by atoms with Crippen molar-refractivity contribution in [3.05, 3.63) is 52.4 Å². The predicted octanol–water partition coefficient (Wildman–Crippen LogP) is 0.826. The van der Waals surface area contributed by atoms with Crippen LogP contribution in [0.3, 0.4) is 0 Å². The Morgan fingerprint density at radius 2 is 1.82 bits per heavy atom. The molecule has 0 aliphatic rings. The van der Waals surface area contributed by atoms with Crippen molar-refractivity contribution in [2.24, 2.45) is 7.05 Å². The lowest BCUT2D eigenvalue weighted by Gasteiger charge is -2.07. The minimum atomic E-state index is -3.27. The smallest absolute Gasteiger partial charge is 0.276 e. The molecule has 0 fully saturated rings. The number of hydrogen-bond acceptors (Lipinski definition) is 5. The van der Waals surface area contributed by atoms with Crippen LogP contribution in [0.25, 0.3) is 0 Å². The van der Waals surface area contributed by atoms with Crippen LogP contribution in [0, 0.1) is 0 Å². The van der Waals surface area contributed by atoms with Crippen molar-refractivity contribution >= 4 is 21.4 Å². The van der Waals surface area contributed by atoms with Gasteiger partial charge in [-0.3, -0.25) is 9.59 Å². The molecule has 0 aliphatic carbocycles. The number of sulfone groups is 1. The van der Waals surface area contributed by atoms with Gasteiger partial charge in [0.05, 0.1) is 10.6 Å². The van der Waals surface area contributed by atoms with E-state index in [1.165, 1.54) is 43.4 Å². The maximum atomic E-state index is 12.0. The number of benzene rings is 1. The maximum absolute atomic E-state index is 12.0. The highest BCUT2D eigenvalue weighted by atomic mass is 32.2. The highest BCUT2D eigenvalue weighted by Gasteiger charge is 2.12. The number of aryl methyl sites for hydroxylation is 1. The van der Waals surface area contributed by atoms with Crippen LogP contribution in [-0.4, -0.2) is 29.9 Å². The SMILES string of the molecule is CCS(=O)(=O)c1ccc(NC(=O)c2ccc(=O)n(C)n2)cc1. The number of amides is 1. The summed E-state index contributed by atoms with van der Waals surface area (Å²) in [5.41, 5.74) is 0.216. The number of carbonyl (C=O) groups is 1. The van der Waals surface area contributed by atoms with Crippen LogP contribution in [0.4, 0.5) is 5.69 Å². The van der Waals surface area contributed by atoms with Crippen LogP contribution in [0.2, 0.25) is 0 Å². The van der Waals surface area contributed by atoms with Crippen molar-refractivity contribution < 1.29 is 13.2 Å². The highest BCUT2D eigenvalue weighted by molar-refractivity contribution is 7.91. The fraction of sp³-hybridized carbons (Fsp3) is 0.214. The molecular weight excluding hydrogens is 306 g/mol. The number of hydrogen-bond donors (Lipinski definition) is 1. The lowest BCUT2D eigenvalue weighted by molar-refractivity contribution is 0.102. The van der Waals surface area contributed by atoms with Gasteiger partial charge in [0.15, 0.2) is 9.84 Å². The molecule has 0 bridgehead atoms. The Morgan fingerprint density at radius 3 is 2.36 bits per heavy atom. The van der Waals surface area contributed by atoms with Gasteiger partial charge in [-0.05, 0) is 30.3 Å². The van der Waals surface area contributed by atoms with Crippen molar-refractivity contribution in [3.8, 4) is 0 Å². The third kappa shape index (κ3) is 3.40. The van der Waals surface area contributed by atoms with Crippen molar-refractivity contribution in [2.45, 2.75) is 11.8 Å². The van der Waals surface area contributed by atoms with E-state index in [9.17, 15) is 18.0 Å². The average Bonchev–Trinajstić information content (AvgIpc) is 2.50. The molecule has 0 saturated carbocycles. The van der Waals surface area contributed by atoms with Gasteiger partial charge >= 0.3 is 0 Å². The van der Waals surface area contributed by atoms with Gasteiger partial charge in [0.2, 0.25) is 0 Å². The topological polar surface area (TPSA) is 98.1 Å². The standard InChI is InChI=1S/C14H15N3O4S/c1-3-22(20,21)11-6-4-10(5-7-11)15-14(19)12-8-9-13(18)17(2)16-12/h4-9H,3H2,1-2H3,(H,15,19). The summed E-state index contributed by atoms with van der Waals surface area (Å²) in [6, 6.07) is 8.45. The highest BCUT2D eigenvalue weighted by Crippen LogP contribution is 2.15. The van der Waals surface area contributed by atoms with Crippen molar-refractivity contribution in [3.63, 3.8) is 0 Å². The monoisotopic (exact) mass is 321 g/mol. The Labute approximate surface area is 127 Å². The third-order valence-electron chi connectivity index (χ3n) is 3.04. The summed E-state index contributed by atoms with van der Waals surface area (Å²) in [5, 5.41) is 6.43. The van der Waals surface area contributed by atoms with Crippen molar-refractivity contribution in [1.29, 1.82) is 0 Å². The normalized spacial score (nSPS) is 11.2. The van der Waals surface area contributed by atoms with E-state index in [-0.39, 0.29) is 21.9 Å². The van der Waals surface area contributed by atoms with E-state index in [0.717, 1.165) is 4.68 Å². The summed E-state index contributed by atoms with van der Waals surface area (Å²) >= 11 is 0. The quantitative estimate of drug-likeness (QED) is 0.899. The van der Waals surface area contributed by atoms with Gasteiger partial charge < -0.3 is 5.32 Å². The minimum Gasteiger partial charge on any atom is -0.321 e. The van der Waals surface area contributed by atoms with E-state index in [2.05, 4.69) is 10.4 Å². The molecule has 0 atom stereocenters. The summed E-state index contributed by atoms with van der Waals surface area (Å²) in [5.74, 6) is -0.470. The molecule has 0 radical (unpaired) electrons. The van der Waals surface area contributed by atoms with E-state index in [4.69, 9.17) is 0 Å². The zero-order valence-electron chi connectivity index (χ0n) is 12.1. The zero-order valence-corrected chi connectivity index (χ0v) is 12.9. The summed E-state index contributed by atoms with van der Waals surface area (Å²) in [7, 11) is -1.82. The number of nitrogens with zero attached hydrogens (tertiary/aromatic N) is 2. The average molecular weight is 321 g/mol. The second-order valence-electron chi connectivity index (χ2n) is 4.56. The molecule has 2 rings (SSSR count). The van der Waals surface area contributed by atoms with E-state index in [1.807, 2.05) is 0 Å². The molecule has 7 nitrogen and oxygen atoms in total. The Balaban J connectivity index is 2.18. The molecule has 0 spiro atoms. The van der Waals surface area contributed by atoms with Gasteiger partial charge in [0, 0.05) is 18.8 Å². The molecule has 1 aromatic carbocycles. The summed E-state index contributed by atoms with van der Waals surface area (Å²) < 4.78 is 24.5. The first-order valence-corrected chi connectivity index (χ1v) is 8.17. The molecular formula is C14H15N3O4S. The number of rotatable bonds is 4. The largest absolute Gasteiger partial charge is 0.321 e. The van der Waals surface area contributed by atoms with Crippen LogP contribution in [-0.2, 0) is 16.9 Å². The van der Waals surface area contributed by atoms with Gasteiger partial charge in [-0.25, -0.2) is 13.1 Å². The zero-order chi connectivity index (χ0) is 16.3. The first-order valence-electron chi connectivity index (χ1n) is 6.52. The Bertz CT molecular complexity index is 854. The van der Waals surface area contributed by atoms with E-state index >= 15 is 0 Å². The van der Waals surface area contributed by atoms with Crippen molar-refractivity contribution in [2.75, 3.05) is 11.1 Å². The number of nitrogens with one attached hydrogen (secondary N) is 1. The first kappa shape index (κ1) is 15.9. The Morgan fingerprint density at radius 1 is 1.18 bits per heavy atom. The summed E-state index contributed by atoms with van der Waals surface area (Å²) in [6.45, 7) is 1.57. The molecule has 1 heterocycles. The van der Waals surface area contributed by atoms with Gasteiger partial charge in [-0.15, -0.1) is 0 Å². The molecule has 1 N–H and O–H groups in total. The second kappa shape index (κ2) is 6.10. The minimum absolute atomic E-state index is 0.0146. The van der Waals surface area contributed by atoms with Gasteiger partial charge in [0.25, 0.3) is 11.5 Å². The maximum Gasteiger partial charge on any atom is 0.276 e. The first-order chi connectivity index (χ1) is 10.3. The Hall–Kier alpha value is -2.48. The molecule has 22 heavy (non-hydrogen) atoms. The number of carbonyl (C=O) groups excluding carboxylic acids is 1. The predicted molar refractivity (Wildman–Crippen MR) is 81.6 cm³/mol.